The third-order valence-electron chi connectivity index (χ3n) is 3.89. The van der Waals surface area contributed by atoms with Crippen LogP contribution in [0.2, 0.25) is 0 Å². The second-order valence-corrected chi connectivity index (χ2v) is 6.61. The Kier molecular flexibility index (Phi) is 4.44. The van der Waals surface area contributed by atoms with Crippen molar-refractivity contribution in [1.29, 1.82) is 0 Å². The first-order valence-electron chi connectivity index (χ1n) is 8.15. The molecule has 3 heterocycles. The summed E-state index contributed by atoms with van der Waals surface area (Å²) in [5, 5.41) is 11.0. The van der Waals surface area contributed by atoms with E-state index in [-0.39, 0.29) is 18.4 Å². The van der Waals surface area contributed by atoms with Gasteiger partial charge in [0, 0.05) is 18.4 Å². The topological polar surface area (TPSA) is 98.2 Å². The van der Waals surface area contributed by atoms with Crippen LogP contribution in [0.5, 0.6) is 0 Å². The van der Waals surface area contributed by atoms with Gasteiger partial charge in [0.15, 0.2) is 0 Å². The molecule has 4 rings (SSSR count). The Hall–Kier alpha value is -3.07. The van der Waals surface area contributed by atoms with E-state index in [0.717, 1.165) is 16.2 Å². The number of nitrogens with one attached hydrogen (secondary N) is 1. The van der Waals surface area contributed by atoms with Crippen molar-refractivity contribution in [2.45, 2.75) is 25.8 Å². The van der Waals surface area contributed by atoms with Crippen LogP contribution in [0, 0.1) is 0 Å². The van der Waals surface area contributed by atoms with Gasteiger partial charge in [-0.25, -0.2) is 9.50 Å². The van der Waals surface area contributed by atoms with Gasteiger partial charge in [-0.1, -0.05) is 46.8 Å². The molecule has 0 aliphatic rings. The van der Waals surface area contributed by atoms with Crippen molar-refractivity contribution in [3.05, 3.63) is 53.6 Å². The number of benzene rings is 1. The average Bonchev–Trinajstić information content (AvgIpc) is 3.36. The standard InChI is InChI=1S/C17H16N6O2S/c1-11(13-9-23-17(20-13)26-10-18-23)19-14(24)7-8-15-21-16(22-25-15)12-5-3-2-4-6-12/h2-6,9-11H,7-8H2,1H3,(H,19,24)/t11-/m1/s1. The molecule has 9 heteroatoms. The lowest BCUT2D eigenvalue weighted by atomic mass is 10.2. The Labute approximate surface area is 152 Å². The van der Waals surface area contributed by atoms with Gasteiger partial charge >= 0.3 is 0 Å². The number of rotatable bonds is 6. The van der Waals surface area contributed by atoms with Gasteiger partial charge in [-0.05, 0) is 6.92 Å². The summed E-state index contributed by atoms with van der Waals surface area (Å²) in [4.78, 5) is 21.8. The number of carbonyl (C=O) groups is 1. The molecule has 4 aromatic rings. The van der Waals surface area contributed by atoms with Gasteiger partial charge in [-0.2, -0.15) is 10.1 Å². The predicted octanol–water partition coefficient (Wildman–Crippen LogP) is 2.65. The van der Waals surface area contributed by atoms with E-state index in [4.69, 9.17) is 4.52 Å². The molecule has 0 fully saturated rings. The Bertz CT molecular complexity index is 994. The molecule has 26 heavy (non-hydrogen) atoms. The van der Waals surface area contributed by atoms with E-state index in [0.29, 0.717) is 18.1 Å². The molecule has 0 aliphatic carbocycles. The highest BCUT2D eigenvalue weighted by molar-refractivity contribution is 7.14. The number of carbonyl (C=O) groups excluding carboxylic acids is 1. The van der Waals surface area contributed by atoms with Crippen molar-refractivity contribution in [2.24, 2.45) is 0 Å². The van der Waals surface area contributed by atoms with Crippen LogP contribution in [0.25, 0.3) is 16.3 Å². The molecule has 1 atom stereocenters. The number of amides is 1. The molecule has 3 aromatic heterocycles. The predicted molar refractivity (Wildman–Crippen MR) is 95.5 cm³/mol. The maximum absolute atomic E-state index is 12.2. The highest BCUT2D eigenvalue weighted by Gasteiger charge is 2.15. The van der Waals surface area contributed by atoms with Crippen molar-refractivity contribution < 1.29 is 9.32 Å². The summed E-state index contributed by atoms with van der Waals surface area (Å²) in [6.45, 7) is 1.89. The summed E-state index contributed by atoms with van der Waals surface area (Å²) in [5.41, 5.74) is 3.39. The van der Waals surface area contributed by atoms with Crippen molar-refractivity contribution in [1.82, 2.24) is 30.1 Å². The fraction of sp³-hybridized carbons (Fsp3) is 0.235. The minimum Gasteiger partial charge on any atom is -0.348 e. The summed E-state index contributed by atoms with van der Waals surface area (Å²) in [6.07, 6.45) is 2.47. The number of aryl methyl sites for hydroxylation is 1. The van der Waals surface area contributed by atoms with Crippen molar-refractivity contribution in [3.63, 3.8) is 0 Å². The summed E-state index contributed by atoms with van der Waals surface area (Å²) >= 11 is 1.45. The molecular weight excluding hydrogens is 352 g/mol. The van der Waals surface area contributed by atoms with Crippen LogP contribution < -0.4 is 5.32 Å². The average molecular weight is 368 g/mol. The molecule has 0 radical (unpaired) electrons. The number of nitrogens with zero attached hydrogens (tertiary/aromatic N) is 5. The largest absolute Gasteiger partial charge is 0.348 e. The Morgan fingerprint density at radius 2 is 2.15 bits per heavy atom. The second kappa shape index (κ2) is 7.04. The lowest BCUT2D eigenvalue weighted by Gasteiger charge is -2.10. The van der Waals surface area contributed by atoms with Crippen LogP contribution in [0.15, 0.2) is 46.6 Å². The highest BCUT2D eigenvalue weighted by atomic mass is 32.1. The highest BCUT2D eigenvalue weighted by Crippen LogP contribution is 2.17. The van der Waals surface area contributed by atoms with E-state index >= 15 is 0 Å². The van der Waals surface area contributed by atoms with E-state index in [1.54, 1.807) is 10.0 Å². The Morgan fingerprint density at radius 1 is 1.31 bits per heavy atom. The Morgan fingerprint density at radius 3 is 2.96 bits per heavy atom. The molecule has 1 aromatic carbocycles. The summed E-state index contributed by atoms with van der Waals surface area (Å²) in [7, 11) is 0. The van der Waals surface area contributed by atoms with E-state index < -0.39 is 0 Å². The number of hydrogen-bond donors (Lipinski definition) is 1. The second-order valence-electron chi connectivity index (χ2n) is 5.80. The first-order valence-corrected chi connectivity index (χ1v) is 9.03. The molecular formula is C17H16N6O2S. The third-order valence-corrected chi connectivity index (χ3v) is 4.58. The zero-order valence-electron chi connectivity index (χ0n) is 14.0. The quantitative estimate of drug-likeness (QED) is 0.562. The molecule has 0 spiro atoms. The zero-order chi connectivity index (χ0) is 17.9. The van der Waals surface area contributed by atoms with E-state index in [1.807, 2.05) is 43.5 Å². The summed E-state index contributed by atoms with van der Waals surface area (Å²) < 4.78 is 6.93. The van der Waals surface area contributed by atoms with Crippen LogP contribution in [-0.4, -0.2) is 30.6 Å². The van der Waals surface area contributed by atoms with Crippen molar-refractivity contribution in [3.8, 4) is 11.4 Å². The minimum absolute atomic E-state index is 0.0960. The van der Waals surface area contributed by atoms with Gasteiger partial charge in [0.25, 0.3) is 0 Å². The van der Waals surface area contributed by atoms with Crippen LogP contribution in [0.3, 0.4) is 0 Å². The molecule has 0 unspecified atom stereocenters. The maximum atomic E-state index is 12.2. The molecule has 1 amide bonds. The normalized spacial score (nSPS) is 12.3. The van der Waals surface area contributed by atoms with Gasteiger partial charge in [0.05, 0.1) is 17.9 Å². The fourth-order valence-electron chi connectivity index (χ4n) is 2.53. The minimum atomic E-state index is -0.195. The lowest BCUT2D eigenvalue weighted by Crippen LogP contribution is -2.27. The molecule has 0 bridgehead atoms. The molecule has 0 aliphatic heterocycles. The third kappa shape index (κ3) is 3.47. The first-order chi connectivity index (χ1) is 12.7. The fourth-order valence-corrected chi connectivity index (χ4v) is 3.14. The molecule has 0 saturated heterocycles. The van der Waals surface area contributed by atoms with Gasteiger partial charge in [0.2, 0.25) is 22.6 Å². The molecule has 0 saturated carbocycles. The van der Waals surface area contributed by atoms with E-state index in [2.05, 4.69) is 25.5 Å². The summed E-state index contributed by atoms with van der Waals surface area (Å²) in [5.74, 6) is 0.875. The van der Waals surface area contributed by atoms with E-state index in [1.165, 1.54) is 11.3 Å². The molecule has 132 valence electrons. The SMILES string of the molecule is C[C@@H](NC(=O)CCc1nc(-c2ccccc2)no1)c1cn2ncsc2n1. The van der Waals surface area contributed by atoms with Gasteiger partial charge in [-0.15, -0.1) is 0 Å². The number of hydrogen-bond acceptors (Lipinski definition) is 7. The zero-order valence-corrected chi connectivity index (χ0v) is 14.8. The van der Waals surface area contributed by atoms with Gasteiger partial charge < -0.3 is 9.84 Å². The van der Waals surface area contributed by atoms with Gasteiger partial charge in [0.1, 0.15) is 5.51 Å². The monoisotopic (exact) mass is 368 g/mol. The maximum Gasteiger partial charge on any atom is 0.227 e. The molecule has 8 nitrogen and oxygen atoms in total. The number of aromatic nitrogens is 5. The van der Waals surface area contributed by atoms with Crippen molar-refractivity contribution >= 4 is 22.2 Å². The van der Waals surface area contributed by atoms with Crippen LogP contribution in [0.4, 0.5) is 0 Å². The van der Waals surface area contributed by atoms with Crippen LogP contribution in [-0.2, 0) is 11.2 Å². The van der Waals surface area contributed by atoms with Crippen LogP contribution in [0.1, 0.15) is 31.0 Å². The summed E-state index contributed by atoms with van der Waals surface area (Å²) in [6, 6.07) is 9.38. The number of fused-ring (bicyclic) bond motifs is 1. The van der Waals surface area contributed by atoms with Crippen LogP contribution >= 0.6 is 11.3 Å². The first kappa shape index (κ1) is 16.4. The smallest absolute Gasteiger partial charge is 0.227 e. The Balaban J connectivity index is 1.32. The molecule has 1 N–H and O–H groups in total. The van der Waals surface area contributed by atoms with E-state index in [9.17, 15) is 4.79 Å². The van der Waals surface area contributed by atoms with Crippen molar-refractivity contribution in [2.75, 3.05) is 0 Å². The van der Waals surface area contributed by atoms with Gasteiger partial charge in [-0.3, -0.25) is 4.79 Å². The number of imidazole rings is 1. The lowest BCUT2D eigenvalue weighted by molar-refractivity contribution is -0.121.